The summed E-state index contributed by atoms with van der Waals surface area (Å²) in [5.41, 5.74) is 0.675. The van der Waals surface area contributed by atoms with Crippen molar-refractivity contribution in [2.45, 2.75) is 6.92 Å². The van der Waals surface area contributed by atoms with Crippen LogP contribution in [0.25, 0.3) is 0 Å². The van der Waals surface area contributed by atoms with Gasteiger partial charge >= 0.3 is 6.09 Å². The molecule has 0 heterocycles. The maximum atomic E-state index is 10.6. The second-order valence-corrected chi connectivity index (χ2v) is 3.44. The average molecular weight is 300 g/mol. The van der Waals surface area contributed by atoms with E-state index in [2.05, 4.69) is 15.3 Å². The topological polar surface area (TPSA) is 50.7 Å². The number of hydrogen-bond donors (Lipinski definition) is 1. The van der Waals surface area contributed by atoms with E-state index in [1.807, 2.05) is 57.8 Å². The van der Waals surface area contributed by atoms with Crippen molar-refractivity contribution in [1.29, 1.82) is 0 Å². The molecule has 5 heteroatoms. The molecule has 102 valence electrons. The molecule has 0 bridgehead atoms. The van der Waals surface area contributed by atoms with Crippen molar-refractivity contribution in [3.63, 3.8) is 0 Å². The molecule has 1 N–H and O–H groups in total. The third-order valence-corrected chi connectivity index (χ3v) is 2.11. The maximum Gasteiger partial charge on any atom is 0.433 e. The zero-order chi connectivity index (χ0) is 13.2. The van der Waals surface area contributed by atoms with Gasteiger partial charge in [0.1, 0.15) is 0 Å². The van der Waals surface area contributed by atoms with Gasteiger partial charge in [-0.3, -0.25) is 4.84 Å². The molecular formula is C14H16FeN2O2. The molecule has 0 aromatic rings. The number of rotatable bonds is 2. The summed E-state index contributed by atoms with van der Waals surface area (Å²) in [4.78, 5) is 15.2. The van der Waals surface area contributed by atoms with Crippen LogP contribution in [0.15, 0.2) is 5.16 Å². The summed E-state index contributed by atoms with van der Waals surface area (Å²) in [7, 11) is 1.48. The maximum absolute atomic E-state index is 10.6. The minimum atomic E-state index is -0.564. The van der Waals surface area contributed by atoms with E-state index >= 15 is 0 Å². The van der Waals surface area contributed by atoms with Crippen LogP contribution >= 0.6 is 0 Å². The first-order chi connectivity index (χ1) is 8.74. The molecule has 0 aromatic heterocycles. The number of carbonyl (C=O) groups is 1. The third-order valence-electron chi connectivity index (χ3n) is 2.11. The van der Waals surface area contributed by atoms with Gasteiger partial charge in [0.2, 0.25) is 0 Å². The van der Waals surface area contributed by atoms with Crippen LogP contribution in [0.2, 0.25) is 0 Å². The summed E-state index contributed by atoms with van der Waals surface area (Å²) in [5, 5.41) is 5.94. The SMILES string of the molecule is CNC(=O)O/N=C(\C)[C]1[CH][CH][CH][CH]1.[CH]1[CH][CH][CH][CH]1.[Fe]. The van der Waals surface area contributed by atoms with Crippen LogP contribution in [-0.4, -0.2) is 18.9 Å². The van der Waals surface area contributed by atoms with Gasteiger partial charge in [-0.05, 0) is 64.7 Å². The molecule has 2 aliphatic carbocycles. The molecule has 10 radical (unpaired) electrons. The van der Waals surface area contributed by atoms with Gasteiger partial charge < -0.3 is 5.32 Å². The molecule has 4 nitrogen and oxygen atoms in total. The van der Waals surface area contributed by atoms with Crippen LogP contribution in [0.1, 0.15) is 6.92 Å². The number of hydrogen-bond acceptors (Lipinski definition) is 3. The van der Waals surface area contributed by atoms with Crippen LogP contribution in [0.3, 0.4) is 0 Å². The van der Waals surface area contributed by atoms with Crippen molar-refractivity contribution < 1.29 is 26.7 Å². The van der Waals surface area contributed by atoms with Crippen LogP contribution in [0.5, 0.6) is 0 Å². The molecule has 2 rings (SSSR count). The van der Waals surface area contributed by atoms with Crippen molar-refractivity contribution >= 4 is 11.8 Å². The van der Waals surface area contributed by atoms with Gasteiger partial charge in [0, 0.05) is 30.0 Å². The van der Waals surface area contributed by atoms with E-state index in [1.54, 1.807) is 6.92 Å². The van der Waals surface area contributed by atoms with Gasteiger partial charge in [0.15, 0.2) is 0 Å². The van der Waals surface area contributed by atoms with Crippen molar-refractivity contribution in [3.8, 4) is 0 Å². The van der Waals surface area contributed by atoms with Gasteiger partial charge in [0.25, 0.3) is 0 Å². The minimum absolute atomic E-state index is 0. The van der Waals surface area contributed by atoms with Crippen LogP contribution in [-0.2, 0) is 21.9 Å². The number of nitrogens with zero attached hydrogens (tertiary/aromatic N) is 1. The van der Waals surface area contributed by atoms with Gasteiger partial charge in [-0.1, -0.05) is 5.16 Å². The van der Waals surface area contributed by atoms with Crippen molar-refractivity contribution in [2.75, 3.05) is 7.05 Å². The fourth-order valence-electron chi connectivity index (χ4n) is 1.14. The van der Waals surface area contributed by atoms with E-state index in [9.17, 15) is 4.79 Å². The van der Waals surface area contributed by atoms with Crippen LogP contribution in [0.4, 0.5) is 4.79 Å². The Bertz CT molecular complexity index is 265. The molecule has 1 amide bonds. The molecule has 19 heavy (non-hydrogen) atoms. The van der Waals surface area contributed by atoms with Crippen molar-refractivity contribution in [2.24, 2.45) is 5.16 Å². The normalized spacial score (nSPS) is 19.2. The third kappa shape index (κ3) is 8.27. The second kappa shape index (κ2) is 11.3. The summed E-state index contributed by atoms with van der Waals surface area (Å²) in [6, 6.07) is 0. The van der Waals surface area contributed by atoms with Gasteiger partial charge in [-0.25, -0.2) is 4.79 Å². The first kappa shape index (κ1) is 18.5. The minimum Gasteiger partial charge on any atom is -0.323 e. The smallest absolute Gasteiger partial charge is 0.323 e. The summed E-state index contributed by atoms with van der Waals surface area (Å²) in [6.07, 6.45) is 17.0. The first-order valence-corrected chi connectivity index (χ1v) is 5.56. The Morgan fingerprint density at radius 3 is 1.95 bits per heavy atom. The van der Waals surface area contributed by atoms with E-state index in [1.165, 1.54) is 7.05 Å². The van der Waals surface area contributed by atoms with Crippen LogP contribution in [0, 0.1) is 63.7 Å². The van der Waals surface area contributed by atoms with E-state index < -0.39 is 6.09 Å². The number of carbonyl (C=O) groups excluding carboxylic acids is 1. The van der Waals surface area contributed by atoms with Crippen LogP contribution < -0.4 is 5.32 Å². The largest absolute Gasteiger partial charge is 0.433 e. The molecule has 2 saturated carbocycles. The Labute approximate surface area is 127 Å². The van der Waals surface area contributed by atoms with Crippen molar-refractivity contribution in [3.05, 3.63) is 63.7 Å². The zero-order valence-corrected chi connectivity index (χ0v) is 11.9. The molecule has 0 saturated heterocycles. The molecule has 2 aliphatic rings. The summed E-state index contributed by atoms with van der Waals surface area (Å²) >= 11 is 0. The molecule has 0 unspecified atom stereocenters. The van der Waals surface area contributed by atoms with E-state index in [-0.39, 0.29) is 17.1 Å². The number of amides is 1. The standard InChI is InChI=1S/C9H11N2O2.C5H5.Fe/c1-7(8-5-3-4-6-8)11-13-9(12)10-2;1-2-4-5-3-1;/h3-6H,1-2H3,(H,10,12);1-5H;/b11-7+;;. The fourth-order valence-corrected chi connectivity index (χ4v) is 1.14. The summed E-state index contributed by atoms with van der Waals surface area (Å²) < 4.78 is 0. The summed E-state index contributed by atoms with van der Waals surface area (Å²) in [5.74, 6) is 0.948. The van der Waals surface area contributed by atoms with Gasteiger partial charge in [-0.15, -0.1) is 0 Å². The Kier molecular flexibility index (Phi) is 11.0. The zero-order valence-electron chi connectivity index (χ0n) is 10.8. The average Bonchev–Trinajstić information content (AvgIpc) is 3.08. The first-order valence-electron chi connectivity index (χ1n) is 5.56. The molecular weight excluding hydrogens is 284 g/mol. The molecule has 0 atom stereocenters. The predicted molar refractivity (Wildman–Crippen MR) is 70.6 cm³/mol. The van der Waals surface area contributed by atoms with E-state index in [4.69, 9.17) is 0 Å². The van der Waals surface area contributed by atoms with E-state index in [0.29, 0.717) is 5.71 Å². The monoisotopic (exact) mass is 300 g/mol. The Morgan fingerprint density at radius 2 is 1.53 bits per heavy atom. The van der Waals surface area contributed by atoms with Gasteiger partial charge in [0.05, 0.1) is 5.71 Å². The Hall–Kier alpha value is -0.541. The molecule has 0 aromatic carbocycles. The quantitative estimate of drug-likeness (QED) is 0.368. The predicted octanol–water partition coefficient (Wildman–Crippen LogP) is 2.14. The molecule has 0 aliphatic heterocycles. The number of oxime groups is 1. The molecule has 0 spiro atoms. The fraction of sp³-hybridized carbons (Fsp3) is 0.143. The Balaban J connectivity index is 0.000000454. The van der Waals surface area contributed by atoms with E-state index in [0.717, 1.165) is 5.92 Å². The Morgan fingerprint density at radius 1 is 1.05 bits per heavy atom. The van der Waals surface area contributed by atoms with Crippen molar-refractivity contribution in [1.82, 2.24) is 5.32 Å². The summed E-state index contributed by atoms with van der Waals surface area (Å²) in [6.45, 7) is 1.78. The number of nitrogens with one attached hydrogen (secondary N) is 1. The second-order valence-electron chi connectivity index (χ2n) is 3.44. The van der Waals surface area contributed by atoms with Gasteiger partial charge in [-0.2, -0.15) is 0 Å². The molecule has 2 fully saturated rings.